The fourth-order valence-electron chi connectivity index (χ4n) is 1.73. The molecule has 0 amide bonds. The topological polar surface area (TPSA) is 12.5 Å². The first kappa shape index (κ1) is 5.72. The maximum Gasteiger partial charge on any atom is 0.0842 e. The second kappa shape index (κ2) is 1.98. The standard InChI is InChI=1S/C8H14O/c1-6-2-4-7-8(9-7)5-3-6/h6-8H,2-5H2,1H3. The number of hydrogen-bond donors (Lipinski definition) is 0. The van der Waals surface area contributed by atoms with Gasteiger partial charge in [0.1, 0.15) is 0 Å². The Morgan fingerprint density at radius 2 is 1.56 bits per heavy atom. The molecule has 0 aromatic rings. The summed E-state index contributed by atoms with van der Waals surface area (Å²) in [4.78, 5) is 0. The van der Waals surface area contributed by atoms with Crippen molar-refractivity contribution in [2.45, 2.75) is 44.8 Å². The van der Waals surface area contributed by atoms with E-state index in [1.165, 1.54) is 25.7 Å². The van der Waals surface area contributed by atoms with Gasteiger partial charge < -0.3 is 4.74 Å². The van der Waals surface area contributed by atoms with Crippen LogP contribution in [-0.2, 0) is 4.74 Å². The second-order valence-electron chi connectivity index (χ2n) is 3.47. The van der Waals surface area contributed by atoms with E-state index in [-0.39, 0.29) is 0 Å². The lowest BCUT2D eigenvalue weighted by molar-refractivity contribution is 0.310. The molecule has 0 N–H and O–H groups in total. The van der Waals surface area contributed by atoms with Gasteiger partial charge in [0.25, 0.3) is 0 Å². The third-order valence-corrected chi connectivity index (χ3v) is 2.58. The summed E-state index contributed by atoms with van der Waals surface area (Å²) in [6.45, 7) is 2.35. The molecule has 2 rings (SSSR count). The fourth-order valence-corrected chi connectivity index (χ4v) is 1.73. The van der Waals surface area contributed by atoms with Gasteiger partial charge in [0, 0.05) is 0 Å². The van der Waals surface area contributed by atoms with Gasteiger partial charge in [-0.3, -0.25) is 0 Å². The van der Waals surface area contributed by atoms with E-state index in [1.54, 1.807) is 0 Å². The van der Waals surface area contributed by atoms with Gasteiger partial charge >= 0.3 is 0 Å². The van der Waals surface area contributed by atoms with E-state index >= 15 is 0 Å². The molecule has 1 saturated heterocycles. The summed E-state index contributed by atoms with van der Waals surface area (Å²) in [5, 5.41) is 0. The minimum atomic E-state index is 0.676. The van der Waals surface area contributed by atoms with E-state index in [4.69, 9.17) is 4.74 Å². The summed E-state index contributed by atoms with van der Waals surface area (Å²) in [5.41, 5.74) is 0. The van der Waals surface area contributed by atoms with Crippen LogP contribution in [0.3, 0.4) is 0 Å². The lowest BCUT2D eigenvalue weighted by Gasteiger charge is -2.05. The summed E-state index contributed by atoms with van der Waals surface area (Å²) in [6, 6.07) is 0. The van der Waals surface area contributed by atoms with Crippen LogP contribution in [0.5, 0.6) is 0 Å². The molecule has 1 heterocycles. The lowest BCUT2D eigenvalue weighted by Crippen LogP contribution is -1.92. The molecule has 9 heavy (non-hydrogen) atoms. The average molecular weight is 126 g/mol. The second-order valence-corrected chi connectivity index (χ2v) is 3.47. The van der Waals surface area contributed by atoms with E-state index in [9.17, 15) is 0 Å². The van der Waals surface area contributed by atoms with E-state index in [0.29, 0.717) is 12.2 Å². The molecule has 2 unspecified atom stereocenters. The maximum atomic E-state index is 5.41. The van der Waals surface area contributed by atoms with Crippen LogP contribution in [0.25, 0.3) is 0 Å². The third-order valence-electron chi connectivity index (χ3n) is 2.58. The van der Waals surface area contributed by atoms with Crippen LogP contribution >= 0.6 is 0 Å². The van der Waals surface area contributed by atoms with Crippen LogP contribution in [0.4, 0.5) is 0 Å². The molecule has 0 aromatic carbocycles. The minimum Gasteiger partial charge on any atom is -0.370 e. The average Bonchev–Trinajstić information content (AvgIpc) is 2.54. The Balaban J connectivity index is 1.89. The van der Waals surface area contributed by atoms with Crippen molar-refractivity contribution < 1.29 is 4.74 Å². The van der Waals surface area contributed by atoms with Gasteiger partial charge in [-0.2, -0.15) is 0 Å². The van der Waals surface area contributed by atoms with Crippen molar-refractivity contribution >= 4 is 0 Å². The summed E-state index contributed by atoms with van der Waals surface area (Å²) >= 11 is 0. The predicted octanol–water partition coefficient (Wildman–Crippen LogP) is 1.96. The number of rotatable bonds is 0. The molecule has 2 fully saturated rings. The molecule has 0 bridgehead atoms. The Kier molecular flexibility index (Phi) is 1.26. The number of fused-ring (bicyclic) bond motifs is 1. The van der Waals surface area contributed by atoms with Gasteiger partial charge in [-0.15, -0.1) is 0 Å². The number of epoxide rings is 1. The van der Waals surface area contributed by atoms with Gasteiger partial charge in [-0.25, -0.2) is 0 Å². The molecule has 1 saturated carbocycles. The van der Waals surface area contributed by atoms with Crippen molar-refractivity contribution in [3.05, 3.63) is 0 Å². The highest BCUT2D eigenvalue weighted by atomic mass is 16.6. The molecule has 1 aliphatic carbocycles. The molecule has 1 aliphatic heterocycles. The first-order valence-electron chi connectivity index (χ1n) is 4.02. The zero-order valence-corrected chi connectivity index (χ0v) is 5.97. The smallest absolute Gasteiger partial charge is 0.0842 e. The molecular weight excluding hydrogens is 112 g/mol. The summed E-state index contributed by atoms with van der Waals surface area (Å²) in [7, 11) is 0. The Bertz CT molecular complexity index is 95.1. The zero-order chi connectivity index (χ0) is 6.27. The van der Waals surface area contributed by atoms with Crippen molar-refractivity contribution in [1.82, 2.24) is 0 Å². The summed E-state index contributed by atoms with van der Waals surface area (Å²) < 4.78 is 5.41. The van der Waals surface area contributed by atoms with Crippen LogP contribution in [0.15, 0.2) is 0 Å². The molecule has 1 nitrogen and oxygen atoms in total. The predicted molar refractivity (Wildman–Crippen MR) is 36.3 cm³/mol. The SMILES string of the molecule is CC1CCC2OC2CC1. The van der Waals surface area contributed by atoms with Crippen LogP contribution < -0.4 is 0 Å². The lowest BCUT2D eigenvalue weighted by atomic mass is 10.0. The van der Waals surface area contributed by atoms with Crippen molar-refractivity contribution in [1.29, 1.82) is 0 Å². The zero-order valence-electron chi connectivity index (χ0n) is 5.97. The Morgan fingerprint density at radius 3 is 2.11 bits per heavy atom. The van der Waals surface area contributed by atoms with Gasteiger partial charge in [0.2, 0.25) is 0 Å². The maximum absolute atomic E-state index is 5.41. The molecule has 1 heteroatoms. The van der Waals surface area contributed by atoms with E-state index in [1.807, 2.05) is 0 Å². The summed E-state index contributed by atoms with van der Waals surface area (Å²) in [6.07, 6.45) is 6.78. The van der Waals surface area contributed by atoms with Gasteiger partial charge in [0.15, 0.2) is 0 Å². The van der Waals surface area contributed by atoms with Gasteiger partial charge in [0.05, 0.1) is 12.2 Å². The molecule has 2 atom stereocenters. The van der Waals surface area contributed by atoms with E-state index in [2.05, 4.69) is 6.92 Å². The van der Waals surface area contributed by atoms with E-state index in [0.717, 1.165) is 5.92 Å². The van der Waals surface area contributed by atoms with Gasteiger partial charge in [-0.05, 0) is 31.6 Å². The van der Waals surface area contributed by atoms with Crippen LogP contribution in [0.1, 0.15) is 32.6 Å². The fraction of sp³-hybridized carbons (Fsp3) is 1.00. The van der Waals surface area contributed by atoms with Crippen molar-refractivity contribution in [2.75, 3.05) is 0 Å². The summed E-state index contributed by atoms with van der Waals surface area (Å²) in [5.74, 6) is 0.960. The molecule has 2 aliphatic rings. The van der Waals surface area contributed by atoms with Crippen molar-refractivity contribution in [2.24, 2.45) is 5.92 Å². The van der Waals surface area contributed by atoms with Crippen molar-refractivity contribution in [3.63, 3.8) is 0 Å². The number of hydrogen-bond acceptors (Lipinski definition) is 1. The first-order chi connectivity index (χ1) is 4.36. The largest absolute Gasteiger partial charge is 0.370 e. The van der Waals surface area contributed by atoms with Crippen molar-refractivity contribution in [3.8, 4) is 0 Å². The highest BCUT2D eigenvalue weighted by Crippen LogP contribution is 2.36. The quantitative estimate of drug-likeness (QED) is 0.452. The molecule has 0 spiro atoms. The monoisotopic (exact) mass is 126 g/mol. The Labute approximate surface area is 56.4 Å². The molecular formula is C8H14O. The molecule has 0 radical (unpaired) electrons. The normalized spacial score (nSPS) is 49.7. The highest BCUT2D eigenvalue weighted by Gasteiger charge is 2.39. The first-order valence-corrected chi connectivity index (χ1v) is 4.02. The minimum absolute atomic E-state index is 0.676. The Hall–Kier alpha value is -0.0400. The van der Waals surface area contributed by atoms with E-state index < -0.39 is 0 Å². The highest BCUT2D eigenvalue weighted by molar-refractivity contribution is 4.87. The molecule has 52 valence electrons. The molecule has 0 aromatic heterocycles. The third kappa shape index (κ3) is 1.11. The van der Waals surface area contributed by atoms with Gasteiger partial charge in [-0.1, -0.05) is 6.92 Å². The van der Waals surface area contributed by atoms with Crippen LogP contribution in [0.2, 0.25) is 0 Å². The Morgan fingerprint density at radius 1 is 1.00 bits per heavy atom. The van der Waals surface area contributed by atoms with Crippen LogP contribution in [0, 0.1) is 5.92 Å². The number of ether oxygens (including phenoxy) is 1. The van der Waals surface area contributed by atoms with Crippen LogP contribution in [-0.4, -0.2) is 12.2 Å².